The number of rotatable bonds is 17. The van der Waals surface area contributed by atoms with Crippen molar-refractivity contribution in [3.63, 3.8) is 0 Å². The van der Waals surface area contributed by atoms with Crippen molar-refractivity contribution in [2.75, 3.05) is 31.7 Å². The second kappa shape index (κ2) is 41.3. The number of hydrogen-bond acceptors (Lipinski definition) is 16. The van der Waals surface area contributed by atoms with Crippen LogP contribution in [0.1, 0.15) is 253 Å². The first kappa shape index (κ1) is 98.4. The molecule has 674 valence electrons. The average molecular weight is 1950 g/mol. The molecule has 10 aromatic carbocycles. The predicted molar refractivity (Wildman–Crippen MR) is 529 cm³/mol. The summed E-state index contributed by atoms with van der Waals surface area (Å²) >= 11 is 32.0. The van der Waals surface area contributed by atoms with Gasteiger partial charge in [-0.1, -0.05) is 237 Å². The topological polar surface area (TPSA) is 274 Å². The number of carboxylic acids is 5. The van der Waals surface area contributed by atoms with Gasteiger partial charge in [-0.25, -0.2) is 24.0 Å². The lowest BCUT2D eigenvalue weighted by Crippen LogP contribution is -2.20. The highest BCUT2D eigenvalue weighted by Gasteiger charge is 2.41. The monoisotopic (exact) mass is 1950 g/mol. The Balaban J connectivity index is 0.000000156. The first-order chi connectivity index (χ1) is 60.6. The molecule has 5 unspecified atom stereocenters. The Morgan fingerprint density at radius 3 is 0.930 bits per heavy atom. The van der Waals surface area contributed by atoms with Gasteiger partial charge < -0.3 is 30.3 Å². The van der Waals surface area contributed by atoms with Crippen LogP contribution in [-0.2, 0) is 0 Å². The quantitative estimate of drug-likeness (QED) is 0.0567. The van der Waals surface area contributed by atoms with Crippen molar-refractivity contribution in [2.24, 2.45) is 52.6 Å². The molecule has 0 fully saturated rings. The van der Waals surface area contributed by atoms with Crippen LogP contribution in [0.4, 0.5) is 28.4 Å². The Labute approximate surface area is 791 Å². The van der Waals surface area contributed by atoms with Crippen molar-refractivity contribution in [1.82, 2.24) is 0 Å². The average Bonchev–Trinajstić information content (AvgIpc) is 1.67. The van der Waals surface area contributed by atoms with E-state index < -0.39 is 29.8 Å². The Kier molecular flexibility index (Phi) is 31.5. The van der Waals surface area contributed by atoms with Crippen molar-refractivity contribution in [2.45, 2.75) is 173 Å². The van der Waals surface area contributed by atoms with Crippen molar-refractivity contribution >= 4 is 165 Å². The summed E-state index contributed by atoms with van der Waals surface area (Å²) in [5, 5.41) is 82.0. The molecule has 27 heteroatoms. The number of ether oxygens (including phenoxy) is 1. The molecule has 0 aliphatic carbocycles. The molecule has 0 radical (unpaired) electrons. The SMILES string of the molecule is CC(C)(C)C1=NN(c2ccc(C(=O)O)cc2)C(c2ccc(Cl)c(Cl)c2)C1.CC(C)(C)C1=NN(c2ccc(C(=O)O)cc2)C(c2ccc(Cl)cc2Cl)C1.CC(C)(C)C1=NN(c2ccc(C(=O)O)cc2)C(c2cccc(Br)c2)C1.CC(C)(C)C1=NN(c2ccc(C(=O)O)cc2)C(c2ccccc2Br)C1.CCOc1ccc(C2CC(C(C)(C)C)=NN2c2ccc(C(=O)O)cc2)cc1. The van der Waals surface area contributed by atoms with Gasteiger partial charge >= 0.3 is 29.8 Å². The number of carboxylic acid groups (broad SMARTS) is 5. The van der Waals surface area contributed by atoms with Crippen molar-refractivity contribution in [1.29, 1.82) is 0 Å². The predicted octanol–water partition coefficient (Wildman–Crippen LogP) is 28.2. The number of anilines is 5. The maximum absolute atomic E-state index is 11.1. The summed E-state index contributed by atoms with van der Waals surface area (Å²) in [7, 11) is 0. The molecule has 10 aromatic rings. The summed E-state index contributed by atoms with van der Waals surface area (Å²) in [6.45, 7) is 34.9. The molecule has 129 heavy (non-hydrogen) atoms. The Hall–Kier alpha value is -11.2. The Bertz CT molecular complexity index is 5900. The van der Waals surface area contributed by atoms with Crippen LogP contribution in [0.15, 0.2) is 265 Å². The summed E-state index contributed by atoms with van der Waals surface area (Å²) in [6, 6.07) is 70.0. The highest BCUT2D eigenvalue weighted by Crippen LogP contribution is 2.48. The number of halogens is 6. The minimum atomic E-state index is -0.950. The molecular formula is C102H108Br2Cl4N10O11. The fraction of sp³-hybridized carbons (Fsp3) is 0.314. The van der Waals surface area contributed by atoms with Crippen molar-refractivity contribution < 1.29 is 54.2 Å². The lowest BCUT2D eigenvalue weighted by molar-refractivity contribution is 0.0686. The largest absolute Gasteiger partial charge is 0.494 e. The van der Waals surface area contributed by atoms with Crippen LogP contribution in [0.2, 0.25) is 20.1 Å². The normalized spacial score (nSPS) is 17.3. The van der Waals surface area contributed by atoms with Crippen LogP contribution < -0.4 is 29.8 Å². The molecule has 5 aliphatic heterocycles. The number of hydrazone groups is 5. The van der Waals surface area contributed by atoms with E-state index in [1.54, 1.807) is 97.1 Å². The fourth-order valence-electron chi connectivity index (χ4n) is 15.0. The van der Waals surface area contributed by atoms with Gasteiger partial charge in [-0.15, -0.1) is 0 Å². The molecule has 5 aliphatic rings. The molecule has 5 heterocycles. The zero-order valence-electron chi connectivity index (χ0n) is 75.0. The number of carbonyl (C=O) groups is 5. The molecule has 0 amide bonds. The van der Waals surface area contributed by atoms with Crippen LogP contribution in [0.5, 0.6) is 5.75 Å². The molecule has 21 nitrogen and oxygen atoms in total. The maximum Gasteiger partial charge on any atom is 0.335 e. The summed E-state index contributed by atoms with van der Waals surface area (Å²) < 4.78 is 7.64. The van der Waals surface area contributed by atoms with Crippen molar-refractivity contribution in [3.8, 4) is 5.75 Å². The lowest BCUT2D eigenvalue weighted by atomic mass is 9.86. The summed E-state index contributed by atoms with van der Waals surface area (Å²) in [6.07, 6.45) is 4.03. The van der Waals surface area contributed by atoms with Crippen molar-refractivity contribution in [3.05, 3.63) is 315 Å². The summed E-state index contributed by atoms with van der Waals surface area (Å²) in [5.41, 5.74) is 16.5. The third kappa shape index (κ3) is 24.9. The van der Waals surface area contributed by atoms with Gasteiger partial charge in [0.1, 0.15) is 5.75 Å². The van der Waals surface area contributed by atoms with Gasteiger partial charge in [0.2, 0.25) is 0 Å². The zero-order chi connectivity index (χ0) is 94.1. The van der Waals surface area contributed by atoms with Gasteiger partial charge in [0, 0.05) is 107 Å². The van der Waals surface area contributed by atoms with E-state index in [1.807, 2.05) is 135 Å². The Morgan fingerprint density at radius 2 is 0.628 bits per heavy atom. The maximum atomic E-state index is 11.1. The van der Waals surface area contributed by atoms with Gasteiger partial charge in [0.05, 0.1) is 103 Å². The van der Waals surface area contributed by atoms with Crippen LogP contribution in [0.25, 0.3) is 0 Å². The third-order valence-corrected chi connectivity index (χ3v) is 25.0. The smallest absolute Gasteiger partial charge is 0.335 e. The van der Waals surface area contributed by atoms with Crippen LogP contribution >= 0.6 is 78.3 Å². The number of hydrogen-bond donors (Lipinski definition) is 5. The van der Waals surface area contributed by atoms with Gasteiger partial charge in [0.15, 0.2) is 0 Å². The molecule has 0 saturated heterocycles. The van der Waals surface area contributed by atoms with Gasteiger partial charge in [-0.3, -0.25) is 25.0 Å². The van der Waals surface area contributed by atoms with E-state index in [1.165, 1.54) is 11.1 Å². The fourth-order valence-corrected chi connectivity index (χ4v) is 16.8. The summed E-state index contributed by atoms with van der Waals surface area (Å²) in [4.78, 5) is 55.5. The zero-order valence-corrected chi connectivity index (χ0v) is 81.2. The molecule has 0 aromatic heterocycles. The van der Waals surface area contributed by atoms with Crippen LogP contribution in [-0.4, -0.2) is 90.5 Å². The molecule has 0 spiro atoms. The van der Waals surface area contributed by atoms with Gasteiger partial charge in [0.25, 0.3) is 0 Å². The van der Waals surface area contributed by atoms with Gasteiger partial charge in [-0.2, -0.15) is 25.5 Å². The number of aromatic carboxylic acids is 5. The van der Waals surface area contributed by atoms with Crippen LogP contribution in [0.3, 0.4) is 0 Å². The summed E-state index contributed by atoms with van der Waals surface area (Å²) in [5.74, 6) is -3.81. The minimum absolute atomic E-state index is 0.0139. The molecule has 5 N–H and O–H groups in total. The number of nitrogens with zero attached hydrogens (tertiary/aromatic N) is 10. The van der Waals surface area contributed by atoms with E-state index in [2.05, 4.69) is 166 Å². The van der Waals surface area contributed by atoms with Gasteiger partial charge in [-0.05, 0) is 211 Å². The molecule has 0 bridgehead atoms. The Morgan fingerprint density at radius 1 is 0.326 bits per heavy atom. The third-order valence-electron chi connectivity index (χ3n) is 22.5. The van der Waals surface area contributed by atoms with Crippen LogP contribution in [0, 0.1) is 27.1 Å². The highest BCUT2D eigenvalue weighted by atomic mass is 79.9. The van der Waals surface area contributed by atoms with E-state index in [4.69, 9.17) is 102 Å². The van der Waals surface area contributed by atoms with E-state index in [0.29, 0.717) is 26.7 Å². The molecule has 0 saturated carbocycles. The second-order valence-corrected chi connectivity index (χ2v) is 40.4. The first-order valence-electron chi connectivity index (χ1n) is 42.3. The standard InChI is InChI=1S/C22H26N2O3.2C20H21BrN2O2.2C20H20Cl2N2O2/c1-5-27-18-12-8-15(9-13-18)19-14-20(22(2,3)4)23-24(19)17-10-6-16(7-11-17)21(25)26;1-20(2,3)18-12-17(14-5-4-6-15(21)11-14)23(22-18)16-9-7-13(8-10-16)19(24)25;1-20(2,3)18-12-17(15-6-4-5-7-16(15)21)23(22-18)14-10-8-13(9-11-14)19(24)25;1-20(2,3)18-11-17(15-9-6-13(21)10-16(15)22)24(23-18)14-7-4-12(5-8-14)19(25)26;1-20(2,3)18-11-17(13-6-9-15(21)16(22)10-13)24(23-18)14-7-4-12(5-8-14)19(25)26/h6-13,19H,5,14H2,1-4H3,(H,25,26);2*4-11,17H,12H2,1-3H3,(H,24,25);2*4-10,17H,11H2,1-3H3,(H,25,26). The minimum Gasteiger partial charge on any atom is -0.494 e. The first-order valence-corrected chi connectivity index (χ1v) is 45.4. The second-order valence-electron chi connectivity index (χ2n) is 37.0. The number of benzene rings is 10. The van der Waals surface area contributed by atoms with E-state index in [-0.39, 0.29) is 85.1 Å². The van der Waals surface area contributed by atoms with E-state index in [9.17, 15) is 24.0 Å². The highest BCUT2D eigenvalue weighted by molar-refractivity contribution is 9.10. The molecular weight excluding hydrogens is 1840 g/mol. The lowest BCUT2D eigenvalue weighted by Gasteiger charge is -2.25. The molecule has 5 atom stereocenters. The van der Waals surface area contributed by atoms with E-state index >= 15 is 0 Å². The van der Waals surface area contributed by atoms with E-state index in [0.717, 1.165) is 120 Å². The molecule has 15 rings (SSSR count).